The molecule has 69 valence electrons. The third-order valence-electron chi connectivity index (χ3n) is 1.45. The van der Waals surface area contributed by atoms with E-state index < -0.39 is 15.9 Å². The lowest BCUT2D eigenvalue weighted by Gasteiger charge is -1.97. The van der Waals surface area contributed by atoms with Crippen molar-refractivity contribution in [1.29, 1.82) is 0 Å². The van der Waals surface area contributed by atoms with E-state index in [1.165, 1.54) is 24.3 Å². The van der Waals surface area contributed by atoms with Gasteiger partial charge in [-0.2, -0.15) is 0 Å². The highest BCUT2D eigenvalue weighted by Gasteiger charge is 2.08. The summed E-state index contributed by atoms with van der Waals surface area (Å²) in [4.78, 5) is 10.4. The first-order valence-electron chi connectivity index (χ1n) is 3.30. The molecule has 0 aromatic heterocycles. The van der Waals surface area contributed by atoms with Crippen LogP contribution < -0.4 is 10.9 Å². The zero-order chi connectivity index (χ0) is 10.1. The second kappa shape index (κ2) is 3.15. The van der Waals surface area contributed by atoms with Gasteiger partial charge >= 0.3 is 0 Å². The summed E-state index contributed by atoms with van der Waals surface area (Å²) in [6.45, 7) is 0. The number of primary sulfonamides is 1. The van der Waals surface area contributed by atoms with Gasteiger partial charge in [0.2, 0.25) is 10.0 Å². The highest BCUT2D eigenvalue weighted by atomic mass is 32.2. The Hall–Kier alpha value is -1.40. The molecule has 1 amide bonds. The average Bonchev–Trinajstić information content (AvgIpc) is 2.03. The van der Waals surface area contributed by atoms with Gasteiger partial charge in [0, 0.05) is 5.56 Å². The van der Waals surface area contributed by atoms with Crippen molar-refractivity contribution in [2.24, 2.45) is 5.14 Å². The number of benzene rings is 1. The molecular weight excluding hydrogens is 192 g/mol. The first kappa shape index (κ1) is 9.69. The number of sulfonamides is 1. The highest BCUT2D eigenvalue weighted by Crippen LogP contribution is 2.07. The number of rotatable bonds is 2. The van der Waals surface area contributed by atoms with Crippen molar-refractivity contribution in [3.63, 3.8) is 0 Å². The lowest BCUT2D eigenvalue weighted by atomic mass is 10.2. The maximum Gasteiger partial charge on any atom is 0.269 e. The number of hydrogen-bond donors (Lipinski definition) is 1. The molecule has 0 aliphatic heterocycles. The fraction of sp³-hybridized carbons (Fsp3) is 0. The zero-order valence-corrected chi connectivity index (χ0v) is 7.34. The molecule has 0 atom stereocenters. The maximum atomic E-state index is 10.8. The van der Waals surface area contributed by atoms with Crippen LogP contribution in [0, 0.1) is 0 Å². The average molecular weight is 199 g/mol. The molecule has 1 aromatic rings. The lowest BCUT2D eigenvalue weighted by Crippen LogP contribution is -2.12. The molecule has 0 heterocycles. The second-order valence-electron chi connectivity index (χ2n) is 2.40. The Bertz CT molecular complexity index is 422. The van der Waals surface area contributed by atoms with Gasteiger partial charge in [0.05, 0.1) is 4.90 Å². The van der Waals surface area contributed by atoms with Crippen molar-refractivity contribution in [3.05, 3.63) is 29.8 Å². The fourth-order valence-corrected chi connectivity index (χ4v) is 1.31. The summed E-state index contributed by atoms with van der Waals surface area (Å²) in [6.07, 6.45) is 0. The molecule has 1 rings (SSSR count). The number of hydrogen-bond acceptors (Lipinski definition) is 3. The van der Waals surface area contributed by atoms with E-state index in [2.05, 4.69) is 0 Å². The van der Waals surface area contributed by atoms with E-state index in [1.807, 2.05) is 0 Å². The van der Waals surface area contributed by atoms with Crippen LogP contribution in [0.3, 0.4) is 0 Å². The third kappa shape index (κ3) is 2.27. The number of carbonyl (C=O) groups excluding carboxylic acids is 1. The number of nitrogens with two attached hydrogens (primary N) is 1. The van der Waals surface area contributed by atoms with Crippen LogP contribution in [0.1, 0.15) is 10.4 Å². The van der Waals surface area contributed by atoms with E-state index >= 15 is 0 Å². The van der Waals surface area contributed by atoms with Crippen molar-refractivity contribution >= 4 is 15.9 Å². The Kier molecular flexibility index (Phi) is 2.35. The van der Waals surface area contributed by atoms with Gasteiger partial charge < -0.3 is 0 Å². The van der Waals surface area contributed by atoms with Crippen LogP contribution in [0.25, 0.3) is 0 Å². The molecule has 0 aliphatic rings. The predicted molar refractivity (Wildman–Crippen MR) is 45.2 cm³/mol. The van der Waals surface area contributed by atoms with Crippen molar-refractivity contribution in [2.45, 2.75) is 4.90 Å². The number of carbonyl (C=O) groups is 1. The minimum Gasteiger partial charge on any atom is -0.267 e. The molecule has 1 radical (unpaired) electrons. The van der Waals surface area contributed by atoms with Crippen molar-refractivity contribution < 1.29 is 13.2 Å². The predicted octanol–water partition coefficient (Wildman–Crippen LogP) is -0.243. The van der Waals surface area contributed by atoms with Gasteiger partial charge in [-0.15, -0.1) is 0 Å². The van der Waals surface area contributed by atoms with Crippen LogP contribution in [0.4, 0.5) is 0 Å². The van der Waals surface area contributed by atoms with Crippen LogP contribution in [-0.2, 0) is 10.0 Å². The van der Waals surface area contributed by atoms with Gasteiger partial charge in [0.1, 0.15) is 0 Å². The molecular formula is C7H7N2O3S. The molecule has 13 heavy (non-hydrogen) atoms. The topological polar surface area (TPSA) is 101 Å². The Morgan fingerprint density at radius 1 is 1.23 bits per heavy atom. The summed E-state index contributed by atoms with van der Waals surface area (Å²) < 4.78 is 21.5. The smallest absolute Gasteiger partial charge is 0.267 e. The summed E-state index contributed by atoms with van der Waals surface area (Å²) in [6, 6.07) is 4.87. The van der Waals surface area contributed by atoms with Crippen molar-refractivity contribution in [1.82, 2.24) is 5.73 Å². The Morgan fingerprint density at radius 2 is 1.69 bits per heavy atom. The lowest BCUT2D eigenvalue weighted by molar-refractivity contribution is 0.0992. The van der Waals surface area contributed by atoms with Gasteiger partial charge in [-0.3, -0.25) is 10.5 Å². The maximum absolute atomic E-state index is 10.8. The highest BCUT2D eigenvalue weighted by molar-refractivity contribution is 7.89. The minimum absolute atomic E-state index is 0.0718. The number of nitrogens with one attached hydrogen (secondary N) is 1. The standard InChI is InChI=1S/C7H7N2O3S/c8-7(10)5-1-3-6(4-2-5)13(9,11)12/h1-4,8H,(H2,9,11,12). The molecule has 0 bridgehead atoms. The summed E-state index contributed by atoms with van der Waals surface area (Å²) in [5.41, 5.74) is 6.86. The van der Waals surface area contributed by atoms with E-state index in [-0.39, 0.29) is 10.5 Å². The van der Waals surface area contributed by atoms with E-state index in [0.29, 0.717) is 0 Å². The molecule has 1 aromatic carbocycles. The van der Waals surface area contributed by atoms with Crippen LogP contribution >= 0.6 is 0 Å². The normalized spacial score (nSPS) is 11.2. The van der Waals surface area contributed by atoms with Gasteiger partial charge in [-0.1, -0.05) is 0 Å². The van der Waals surface area contributed by atoms with Crippen LogP contribution in [-0.4, -0.2) is 14.3 Å². The first-order chi connectivity index (χ1) is 5.91. The molecule has 3 N–H and O–H groups in total. The quantitative estimate of drug-likeness (QED) is 0.710. The molecule has 0 aliphatic carbocycles. The second-order valence-corrected chi connectivity index (χ2v) is 3.96. The Morgan fingerprint density at radius 3 is 2.00 bits per heavy atom. The van der Waals surface area contributed by atoms with Gasteiger partial charge in [-0.25, -0.2) is 13.6 Å². The number of amides is 1. The summed E-state index contributed by atoms with van der Waals surface area (Å²) >= 11 is 0. The molecule has 5 nitrogen and oxygen atoms in total. The molecule has 6 heteroatoms. The van der Waals surface area contributed by atoms with Gasteiger partial charge in [0.25, 0.3) is 5.91 Å². The first-order valence-corrected chi connectivity index (χ1v) is 4.84. The van der Waals surface area contributed by atoms with Crippen LogP contribution in [0.2, 0.25) is 0 Å². The summed E-state index contributed by atoms with van der Waals surface area (Å²) in [5, 5.41) is 4.82. The SMILES string of the molecule is [NH]C(=O)c1ccc(S(N)(=O)=O)cc1. The monoisotopic (exact) mass is 199 g/mol. The molecule has 0 spiro atoms. The third-order valence-corrected chi connectivity index (χ3v) is 2.37. The van der Waals surface area contributed by atoms with Gasteiger partial charge in [0.15, 0.2) is 0 Å². The summed E-state index contributed by atoms with van der Waals surface area (Å²) in [5.74, 6) is -0.860. The molecule has 0 fully saturated rings. The van der Waals surface area contributed by atoms with E-state index in [1.54, 1.807) is 0 Å². The van der Waals surface area contributed by atoms with E-state index in [4.69, 9.17) is 10.9 Å². The molecule has 0 unspecified atom stereocenters. The van der Waals surface area contributed by atoms with Crippen molar-refractivity contribution in [2.75, 3.05) is 0 Å². The zero-order valence-electron chi connectivity index (χ0n) is 6.52. The molecule has 0 saturated heterocycles. The fourth-order valence-electron chi connectivity index (χ4n) is 0.796. The Labute approximate surface area is 75.4 Å². The Balaban J connectivity index is 3.16. The molecule has 0 saturated carbocycles. The van der Waals surface area contributed by atoms with Crippen LogP contribution in [0.5, 0.6) is 0 Å². The van der Waals surface area contributed by atoms with Gasteiger partial charge in [-0.05, 0) is 24.3 Å². The largest absolute Gasteiger partial charge is 0.269 e. The van der Waals surface area contributed by atoms with E-state index in [0.717, 1.165) is 0 Å². The minimum atomic E-state index is -3.72. The van der Waals surface area contributed by atoms with E-state index in [9.17, 15) is 13.2 Å². The summed E-state index contributed by atoms with van der Waals surface area (Å²) in [7, 11) is -3.72. The van der Waals surface area contributed by atoms with Crippen LogP contribution in [0.15, 0.2) is 29.2 Å². The van der Waals surface area contributed by atoms with Crippen molar-refractivity contribution in [3.8, 4) is 0 Å².